The van der Waals surface area contributed by atoms with Crippen LogP contribution in [0, 0.1) is 6.92 Å². The number of anilines is 1. The van der Waals surface area contributed by atoms with Crippen LogP contribution in [-0.4, -0.2) is 43.8 Å². The van der Waals surface area contributed by atoms with E-state index in [1.807, 2.05) is 31.2 Å². The first-order valence-electron chi connectivity index (χ1n) is 13.6. The molecular formula is C31H36ClN3O4S. The molecule has 1 fully saturated rings. The summed E-state index contributed by atoms with van der Waals surface area (Å²) in [6, 6.07) is 21.3. The van der Waals surface area contributed by atoms with Crippen LogP contribution in [0.15, 0.2) is 83.8 Å². The fraction of sp³-hybridized carbons (Fsp3) is 0.355. The Morgan fingerprint density at radius 3 is 2.30 bits per heavy atom. The Kier molecular flexibility index (Phi) is 9.87. The Balaban J connectivity index is 1.67. The molecule has 4 rings (SSSR count). The molecule has 9 heteroatoms. The third kappa shape index (κ3) is 7.23. The first-order valence-corrected chi connectivity index (χ1v) is 15.5. The smallest absolute Gasteiger partial charge is 0.264 e. The highest BCUT2D eigenvalue weighted by Gasteiger charge is 2.33. The maximum atomic E-state index is 14.1. The largest absolute Gasteiger partial charge is 0.352 e. The number of hydrogen-bond acceptors (Lipinski definition) is 4. The van der Waals surface area contributed by atoms with E-state index in [1.54, 1.807) is 43.3 Å². The zero-order valence-electron chi connectivity index (χ0n) is 22.9. The number of aryl methyl sites for hydroxylation is 1. The number of hydrogen-bond donors (Lipinski definition) is 1. The summed E-state index contributed by atoms with van der Waals surface area (Å²) in [4.78, 5) is 29.0. The van der Waals surface area contributed by atoms with Crippen molar-refractivity contribution in [2.24, 2.45) is 0 Å². The molecule has 3 aromatic carbocycles. The van der Waals surface area contributed by atoms with Crippen LogP contribution in [0.4, 0.5) is 5.69 Å². The average molecular weight is 582 g/mol. The molecule has 212 valence electrons. The van der Waals surface area contributed by atoms with Crippen LogP contribution in [0.5, 0.6) is 0 Å². The molecule has 0 aliphatic heterocycles. The second-order valence-corrected chi connectivity index (χ2v) is 12.6. The van der Waals surface area contributed by atoms with Gasteiger partial charge in [0.25, 0.3) is 10.0 Å². The average Bonchev–Trinajstić information content (AvgIpc) is 2.96. The predicted octanol–water partition coefficient (Wildman–Crippen LogP) is 5.71. The molecule has 1 aliphatic carbocycles. The molecule has 0 bridgehead atoms. The third-order valence-electron chi connectivity index (χ3n) is 7.43. The molecule has 0 saturated heterocycles. The van der Waals surface area contributed by atoms with Crippen molar-refractivity contribution in [2.45, 2.75) is 69.5 Å². The Morgan fingerprint density at radius 2 is 1.62 bits per heavy atom. The van der Waals surface area contributed by atoms with Crippen molar-refractivity contribution in [3.05, 3.63) is 95.0 Å². The van der Waals surface area contributed by atoms with Gasteiger partial charge in [-0.25, -0.2) is 8.42 Å². The Hall–Kier alpha value is -3.36. The predicted molar refractivity (Wildman–Crippen MR) is 159 cm³/mol. The van der Waals surface area contributed by atoms with Gasteiger partial charge in [0.2, 0.25) is 11.8 Å². The fourth-order valence-corrected chi connectivity index (χ4v) is 6.61. The van der Waals surface area contributed by atoms with Gasteiger partial charge in [0.15, 0.2) is 0 Å². The molecular weight excluding hydrogens is 546 g/mol. The second-order valence-electron chi connectivity index (χ2n) is 10.3. The van der Waals surface area contributed by atoms with Crippen LogP contribution >= 0.6 is 11.6 Å². The maximum absolute atomic E-state index is 14.1. The molecule has 1 N–H and O–H groups in total. The van der Waals surface area contributed by atoms with Gasteiger partial charge in [-0.3, -0.25) is 13.9 Å². The van der Waals surface area contributed by atoms with E-state index in [2.05, 4.69) is 5.32 Å². The summed E-state index contributed by atoms with van der Waals surface area (Å²) in [5.74, 6) is -0.733. The monoisotopic (exact) mass is 581 g/mol. The van der Waals surface area contributed by atoms with Crippen molar-refractivity contribution in [1.82, 2.24) is 10.2 Å². The Labute approximate surface area is 242 Å². The van der Waals surface area contributed by atoms with E-state index in [0.29, 0.717) is 5.02 Å². The van der Waals surface area contributed by atoms with Gasteiger partial charge in [0.1, 0.15) is 12.6 Å². The van der Waals surface area contributed by atoms with Crippen molar-refractivity contribution >= 4 is 39.1 Å². The normalized spacial score (nSPS) is 14.8. The molecule has 1 atom stereocenters. The Morgan fingerprint density at radius 1 is 0.950 bits per heavy atom. The number of halogens is 1. The van der Waals surface area contributed by atoms with Gasteiger partial charge in [-0.1, -0.05) is 79.4 Å². The summed E-state index contributed by atoms with van der Waals surface area (Å²) >= 11 is 6.22. The molecule has 0 aromatic heterocycles. The summed E-state index contributed by atoms with van der Waals surface area (Å²) < 4.78 is 28.7. The number of carbonyl (C=O) groups is 2. The van der Waals surface area contributed by atoms with Gasteiger partial charge < -0.3 is 10.2 Å². The zero-order valence-corrected chi connectivity index (χ0v) is 24.5. The van der Waals surface area contributed by atoms with Crippen molar-refractivity contribution in [2.75, 3.05) is 10.8 Å². The fourth-order valence-electron chi connectivity index (χ4n) is 5.00. The third-order valence-corrected chi connectivity index (χ3v) is 9.45. The quantitative estimate of drug-likeness (QED) is 0.332. The number of benzene rings is 3. The van der Waals surface area contributed by atoms with Crippen LogP contribution in [0.3, 0.4) is 0 Å². The van der Waals surface area contributed by atoms with E-state index in [4.69, 9.17) is 11.6 Å². The van der Waals surface area contributed by atoms with Crippen molar-refractivity contribution in [1.29, 1.82) is 0 Å². The minimum absolute atomic E-state index is 0.0521. The van der Waals surface area contributed by atoms with Gasteiger partial charge in [-0.15, -0.1) is 0 Å². The van der Waals surface area contributed by atoms with Crippen molar-refractivity contribution in [3.8, 4) is 0 Å². The highest BCUT2D eigenvalue weighted by Crippen LogP contribution is 2.27. The molecule has 2 amide bonds. The maximum Gasteiger partial charge on any atom is 0.264 e. The minimum atomic E-state index is -4.12. The molecule has 0 radical (unpaired) electrons. The summed E-state index contributed by atoms with van der Waals surface area (Å²) in [7, 11) is -4.12. The number of rotatable bonds is 10. The zero-order chi connectivity index (χ0) is 28.7. The lowest BCUT2D eigenvalue weighted by molar-refractivity contribution is -0.139. The lowest BCUT2D eigenvalue weighted by Crippen LogP contribution is -2.53. The van der Waals surface area contributed by atoms with E-state index in [0.717, 1.165) is 47.5 Å². The van der Waals surface area contributed by atoms with Gasteiger partial charge in [0.05, 0.1) is 10.6 Å². The van der Waals surface area contributed by atoms with E-state index in [1.165, 1.54) is 23.1 Å². The summed E-state index contributed by atoms with van der Waals surface area (Å²) in [5, 5.41) is 3.46. The standard InChI is InChI=1S/C31H36ClN3O4S/c1-23-12-9-10-13-25(23)21-34(24(2)31(37)33-27-15-5-3-6-16-27)30(36)22-35(28-17-11-14-26(32)20-28)40(38,39)29-18-7-4-8-19-29/h4,7-14,17-20,24,27H,3,5-6,15-16,21-22H2,1-2H3,(H,33,37)/t24-/m0/s1. The molecule has 1 saturated carbocycles. The van der Waals surface area contributed by atoms with Gasteiger partial charge in [0, 0.05) is 17.6 Å². The lowest BCUT2D eigenvalue weighted by atomic mass is 9.95. The highest BCUT2D eigenvalue weighted by molar-refractivity contribution is 7.92. The number of nitrogens with one attached hydrogen (secondary N) is 1. The molecule has 0 heterocycles. The number of sulfonamides is 1. The molecule has 0 spiro atoms. The van der Waals surface area contributed by atoms with Crippen LogP contribution in [-0.2, 0) is 26.2 Å². The topological polar surface area (TPSA) is 86.8 Å². The van der Waals surface area contributed by atoms with Crippen LogP contribution in [0.1, 0.15) is 50.2 Å². The summed E-state index contributed by atoms with van der Waals surface area (Å²) in [6.45, 7) is 3.32. The van der Waals surface area contributed by atoms with Crippen molar-refractivity contribution in [3.63, 3.8) is 0 Å². The van der Waals surface area contributed by atoms with E-state index in [-0.39, 0.29) is 29.1 Å². The molecule has 3 aromatic rings. The van der Waals surface area contributed by atoms with Gasteiger partial charge in [-0.2, -0.15) is 0 Å². The highest BCUT2D eigenvalue weighted by atomic mass is 35.5. The minimum Gasteiger partial charge on any atom is -0.352 e. The Bertz CT molecular complexity index is 1430. The first kappa shape index (κ1) is 29.6. The van der Waals surface area contributed by atoms with E-state index in [9.17, 15) is 18.0 Å². The molecule has 0 unspecified atom stereocenters. The summed E-state index contributed by atoms with van der Waals surface area (Å²) in [6.07, 6.45) is 5.13. The number of nitrogens with zero attached hydrogens (tertiary/aromatic N) is 2. The molecule has 7 nitrogen and oxygen atoms in total. The number of carbonyl (C=O) groups excluding carboxylic acids is 2. The van der Waals surface area contributed by atoms with E-state index >= 15 is 0 Å². The van der Waals surface area contributed by atoms with E-state index < -0.39 is 28.5 Å². The lowest BCUT2D eigenvalue weighted by Gasteiger charge is -2.33. The number of amides is 2. The second kappa shape index (κ2) is 13.3. The van der Waals surface area contributed by atoms with Gasteiger partial charge in [-0.05, 0) is 68.1 Å². The van der Waals surface area contributed by atoms with Crippen LogP contribution in [0.25, 0.3) is 0 Å². The van der Waals surface area contributed by atoms with Crippen LogP contribution in [0.2, 0.25) is 5.02 Å². The van der Waals surface area contributed by atoms with Crippen LogP contribution < -0.4 is 9.62 Å². The van der Waals surface area contributed by atoms with Gasteiger partial charge >= 0.3 is 0 Å². The SMILES string of the molecule is Cc1ccccc1CN(C(=O)CN(c1cccc(Cl)c1)S(=O)(=O)c1ccccc1)[C@@H](C)C(=O)NC1CCCCC1. The first-order chi connectivity index (χ1) is 19.2. The van der Waals surface area contributed by atoms with Crippen molar-refractivity contribution < 1.29 is 18.0 Å². The molecule has 1 aliphatic rings. The summed E-state index contributed by atoms with van der Waals surface area (Å²) in [5.41, 5.74) is 2.12. The molecule has 40 heavy (non-hydrogen) atoms.